The van der Waals surface area contributed by atoms with Gasteiger partial charge in [0.2, 0.25) is 5.91 Å². The Kier molecular flexibility index (Phi) is 6.39. The van der Waals surface area contributed by atoms with Gasteiger partial charge in [0.05, 0.1) is 25.7 Å². The summed E-state index contributed by atoms with van der Waals surface area (Å²) in [4.78, 5) is 17.0. The highest BCUT2D eigenvalue weighted by Gasteiger charge is 2.22. The normalized spacial score (nSPS) is 14.8. The van der Waals surface area contributed by atoms with Crippen molar-refractivity contribution in [2.24, 2.45) is 0 Å². The second kappa shape index (κ2) is 9.36. The molecule has 1 fully saturated rings. The van der Waals surface area contributed by atoms with E-state index >= 15 is 0 Å². The molecule has 9 heteroatoms. The summed E-state index contributed by atoms with van der Waals surface area (Å²) in [6.07, 6.45) is 1.69. The summed E-state index contributed by atoms with van der Waals surface area (Å²) in [7, 11) is 1.64. The van der Waals surface area contributed by atoms with E-state index in [4.69, 9.17) is 9.15 Å². The Morgan fingerprint density at radius 1 is 1.13 bits per heavy atom. The Bertz CT molecular complexity index is 963. The Morgan fingerprint density at radius 3 is 2.57 bits per heavy atom. The fraction of sp³-hybridized carbons (Fsp3) is 0.381. The van der Waals surface area contributed by atoms with Gasteiger partial charge in [0.15, 0.2) is 5.16 Å². The first-order chi connectivity index (χ1) is 14.6. The van der Waals surface area contributed by atoms with Crippen molar-refractivity contribution in [2.45, 2.75) is 18.6 Å². The fourth-order valence-corrected chi connectivity index (χ4v) is 4.36. The zero-order chi connectivity index (χ0) is 20.9. The third kappa shape index (κ3) is 4.68. The first-order valence-electron chi connectivity index (χ1n) is 9.86. The number of nitrogens with zero attached hydrogens (tertiary/aromatic N) is 5. The van der Waals surface area contributed by atoms with Crippen LogP contribution < -0.4 is 4.74 Å². The van der Waals surface area contributed by atoms with Gasteiger partial charge in [-0.1, -0.05) is 11.8 Å². The summed E-state index contributed by atoms with van der Waals surface area (Å²) in [6, 6.07) is 11.6. The van der Waals surface area contributed by atoms with Crippen LogP contribution in [0.4, 0.5) is 0 Å². The molecule has 8 nitrogen and oxygen atoms in total. The standard InChI is InChI=1S/C21H25N5O3S/c1-16-22-23-21(26(16)17-5-7-18(28-2)8-6-17)30-15-20(27)25-11-9-24(10-12-25)14-19-4-3-13-29-19/h3-8,13H,9-12,14-15H2,1-2H3. The number of amides is 1. The van der Waals surface area contributed by atoms with Crippen LogP contribution in [-0.4, -0.2) is 69.5 Å². The van der Waals surface area contributed by atoms with Crippen LogP contribution >= 0.6 is 11.8 Å². The molecule has 1 aliphatic heterocycles. The minimum atomic E-state index is 0.125. The van der Waals surface area contributed by atoms with Gasteiger partial charge in [-0.3, -0.25) is 14.3 Å². The van der Waals surface area contributed by atoms with Crippen molar-refractivity contribution in [1.29, 1.82) is 0 Å². The van der Waals surface area contributed by atoms with E-state index < -0.39 is 0 Å². The third-order valence-electron chi connectivity index (χ3n) is 5.14. The van der Waals surface area contributed by atoms with Gasteiger partial charge in [-0.15, -0.1) is 10.2 Å². The maximum absolute atomic E-state index is 12.7. The molecule has 1 aliphatic rings. The van der Waals surface area contributed by atoms with Gasteiger partial charge in [0.25, 0.3) is 0 Å². The largest absolute Gasteiger partial charge is 0.497 e. The van der Waals surface area contributed by atoms with Crippen molar-refractivity contribution in [3.63, 3.8) is 0 Å². The monoisotopic (exact) mass is 427 g/mol. The van der Waals surface area contributed by atoms with Crippen LogP contribution in [0.3, 0.4) is 0 Å². The van der Waals surface area contributed by atoms with Gasteiger partial charge in [-0.2, -0.15) is 0 Å². The quantitative estimate of drug-likeness (QED) is 0.537. The van der Waals surface area contributed by atoms with Crippen molar-refractivity contribution in [3.8, 4) is 11.4 Å². The average molecular weight is 428 g/mol. The molecule has 0 atom stereocenters. The van der Waals surface area contributed by atoms with E-state index in [1.54, 1.807) is 13.4 Å². The maximum atomic E-state index is 12.7. The number of hydrogen-bond acceptors (Lipinski definition) is 7. The van der Waals surface area contributed by atoms with Gasteiger partial charge in [0, 0.05) is 31.9 Å². The molecule has 0 spiro atoms. The number of aryl methyl sites for hydroxylation is 1. The minimum Gasteiger partial charge on any atom is -0.497 e. The molecule has 158 valence electrons. The van der Waals surface area contributed by atoms with E-state index in [1.165, 1.54) is 11.8 Å². The number of benzene rings is 1. The van der Waals surface area contributed by atoms with E-state index in [2.05, 4.69) is 15.1 Å². The molecule has 0 N–H and O–H groups in total. The number of ether oxygens (including phenoxy) is 1. The smallest absolute Gasteiger partial charge is 0.233 e. The first-order valence-corrected chi connectivity index (χ1v) is 10.8. The number of carbonyl (C=O) groups excluding carboxylic acids is 1. The molecule has 0 unspecified atom stereocenters. The molecular formula is C21H25N5O3S. The number of piperazine rings is 1. The summed E-state index contributed by atoms with van der Waals surface area (Å²) in [5, 5.41) is 9.16. The lowest BCUT2D eigenvalue weighted by Crippen LogP contribution is -2.48. The number of aromatic nitrogens is 3. The molecule has 0 aliphatic carbocycles. The molecular weight excluding hydrogens is 402 g/mol. The lowest BCUT2D eigenvalue weighted by Gasteiger charge is -2.34. The third-order valence-corrected chi connectivity index (χ3v) is 6.05. The van der Waals surface area contributed by atoms with Crippen molar-refractivity contribution < 1.29 is 13.9 Å². The summed E-state index contributed by atoms with van der Waals surface area (Å²) >= 11 is 1.42. The maximum Gasteiger partial charge on any atom is 0.233 e. The molecule has 30 heavy (non-hydrogen) atoms. The molecule has 4 rings (SSSR count). The summed E-state index contributed by atoms with van der Waals surface area (Å²) in [5.74, 6) is 2.99. The predicted molar refractivity (Wildman–Crippen MR) is 114 cm³/mol. The second-order valence-corrected chi connectivity index (χ2v) is 8.03. The summed E-state index contributed by atoms with van der Waals surface area (Å²) < 4.78 is 12.6. The Labute approximate surface area is 179 Å². The topological polar surface area (TPSA) is 76.6 Å². The number of furan rings is 1. The van der Waals surface area contributed by atoms with Crippen LogP contribution in [0, 0.1) is 6.92 Å². The average Bonchev–Trinajstić information content (AvgIpc) is 3.42. The van der Waals surface area contributed by atoms with Gasteiger partial charge in [0.1, 0.15) is 17.3 Å². The van der Waals surface area contributed by atoms with Crippen molar-refractivity contribution in [2.75, 3.05) is 39.0 Å². The molecule has 1 amide bonds. The molecule has 1 aromatic carbocycles. The van der Waals surface area contributed by atoms with Gasteiger partial charge in [-0.25, -0.2) is 0 Å². The Balaban J connectivity index is 1.32. The van der Waals surface area contributed by atoms with Crippen LogP contribution in [0.25, 0.3) is 5.69 Å². The van der Waals surface area contributed by atoms with Crippen LogP contribution in [0.5, 0.6) is 5.75 Å². The highest BCUT2D eigenvalue weighted by molar-refractivity contribution is 7.99. The molecule has 2 aromatic heterocycles. The van der Waals surface area contributed by atoms with E-state index in [0.717, 1.165) is 55.7 Å². The number of methoxy groups -OCH3 is 1. The fourth-order valence-electron chi connectivity index (χ4n) is 3.46. The second-order valence-electron chi connectivity index (χ2n) is 7.09. The van der Waals surface area contributed by atoms with Crippen LogP contribution in [0.15, 0.2) is 52.2 Å². The Hall–Kier alpha value is -2.78. The zero-order valence-electron chi connectivity index (χ0n) is 17.2. The van der Waals surface area contributed by atoms with Gasteiger partial charge >= 0.3 is 0 Å². The molecule has 1 saturated heterocycles. The highest BCUT2D eigenvalue weighted by atomic mass is 32.2. The highest BCUT2D eigenvalue weighted by Crippen LogP contribution is 2.24. The summed E-state index contributed by atoms with van der Waals surface area (Å²) in [5.41, 5.74) is 0.944. The van der Waals surface area contributed by atoms with Crippen LogP contribution in [-0.2, 0) is 11.3 Å². The van der Waals surface area contributed by atoms with E-state index in [1.807, 2.05) is 52.8 Å². The predicted octanol–water partition coefficient (Wildman–Crippen LogP) is 2.61. The zero-order valence-corrected chi connectivity index (χ0v) is 18.0. The van der Waals surface area contributed by atoms with Crippen LogP contribution in [0.1, 0.15) is 11.6 Å². The number of thioether (sulfide) groups is 1. The van der Waals surface area contributed by atoms with Gasteiger partial charge < -0.3 is 14.1 Å². The molecule has 3 aromatic rings. The number of carbonyl (C=O) groups is 1. The van der Waals surface area contributed by atoms with Crippen LogP contribution in [0.2, 0.25) is 0 Å². The number of hydrogen-bond donors (Lipinski definition) is 0. The molecule has 0 radical (unpaired) electrons. The minimum absolute atomic E-state index is 0.125. The van der Waals surface area contributed by atoms with Crippen molar-refractivity contribution in [1.82, 2.24) is 24.6 Å². The van der Waals surface area contributed by atoms with E-state index in [0.29, 0.717) is 10.9 Å². The van der Waals surface area contributed by atoms with E-state index in [9.17, 15) is 4.79 Å². The molecule has 3 heterocycles. The van der Waals surface area contributed by atoms with Crippen molar-refractivity contribution >= 4 is 17.7 Å². The lowest BCUT2D eigenvalue weighted by atomic mass is 10.3. The van der Waals surface area contributed by atoms with E-state index in [-0.39, 0.29) is 5.91 Å². The van der Waals surface area contributed by atoms with Crippen molar-refractivity contribution in [3.05, 3.63) is 54.2 Å². The molecule has 0 saturated carbocycles. The SMILES string of the molecule is COc1ccc(-n2c(C)nnc2SCC(=O)N2CCN(Cc3ccco3)CC2)cc1. The van der Waals surface area contributed by atoms with Gasteiger partial charge in [-0.05, 0) is 43.3 Å². The first kappa shape index (κ1) is 20.5. The summed E-state index contributed by atoms with van der Waals surface area (Å²) in [6.45, 7) is 5.83. The number of rotatable bonds is 7. The Morgan fingerprint density at radius 2 is 1.90 bits per heavy atom. The lowest BCUT2D eigenvalue weighted by molar-refractivity contribution is -0.130. The molecule has 0 bridgehead atoms.